The van der Waals surface area contributed by atoms with Crippen molar-refractivity contribution in [1.29, 1.82) is 0 Å². The third-order valence-electron chi connectivity index (χ3n) is 3.56. The number of carbonyl (C=O) groups is 1. The number of amides is 1. The van der Waals surface area contributed by atoms with Crippen LogP contribution in [0.2, 0.25) is 0 Å². The van der Waals surface area contributed by atoms with Gasteiger partial charge in [-0.1, -0.05) is 13.3 Å². The summed E-state index contributed by atoms with van der Waals surface area (Å²) in [6, 6.07) is 0.501. The maximum atomic E-state index is 11.6. The van der Waals surface area contributed by atoms with Crippen molar-refractivity contribution in [3.63, 3.8) is 0 Å². The van der Waals surface area contributed by atoms with E-state index in [1.165, 1.54) is 19.3 Å². The van der Waals surface area contributed by atoms with E-state index in [-0.39, 0.29) is 5.91 Å². The van der Waals surface area contributed by atoms with Gasteiger partial charge in [-0.25, -0.2) is 0 Å². The van der Waals surface area contributed by atoms with Gasteiger partial charge in [-0.3, -0.25) is 4.79 Å². The highest BCUT2D eigenvalue weighted by Gasteiger charge is 2.19. The van der Waals surface area contributed by atoms with Crippen LogP contribution in [0.15, 0.2) is 0 Å². The van der Waals surface area contributed by atoms with Crippen molar-refractivity contribution < 1.29 is 9.90 Å². The van der Waals surface area contributed by atoms with Gasteiger partial charge in [0.05, 0.1) is 5.60 Å². The lowest BCUT2D eigenvalue weighted by atomic mass is 10.00. The Morgan fingerprint density at radius 2 is 2.29 bits per heavy atom. The number of carbonyl (C=O) groups excluding carboxylic acids is 1. The van der Waals surface area contributed by atoms with Crippen LogP contribution in [0.3, 0.4) is 0 Å². The summed E-state index contributed by atoms with van der Waals surface area (Å²) in [7, 11) is 0. The molecule has 100 valence electrons. The second-order valence-electron chi connectivity index (χ2n) is 5.31. The fourth-order valence-electron chi connectivity index (χ4n) is 1.98. The molecule has 4 nitrogen and oxygen atoms in total. The van der Waals surface area contributed by atoms with Crippen LogP contribution in [0.1, 0.15) is 52.4 Å². The van der Waals surface area contributed by atoms with Crippen molar-refractivity contribution in [2.24, 2.45) is 0 Å². The molecule has 1 aliphatic rings. The van der Waals surface area contributed by atoms with Crippen molar-refractivity contribution >= 4 is 5.91 Å². The fraction of sp³-hybridized carbons (Fsp3) is 0.923. The molecule has 17 heavy (non-hydrogen) atoms. The molecule has 0 aromatic rings. The minimum Gasteiger partial charge on any atom is -0.388 e. The first kappa shape index (κ1) is 14.5. The van der Waals surface area contributed by atoms with Crippen molar-refractivity contribution in [3.05, 3.63) is 0 Å². The Balaban J connectivity index is 2.12. The maximum absolute atomic E-state index is 11.6. The van der Waals surface area contributed by atoms with E-state index in [0.717, 1.165) is 13.0 Å². The predicted octanol–water partition coefficient (Wildman–Crippen LogP) is 1.19. The van der Waals surface area contributed by atoms with Crippen molar-refractivity contribution in [1.82, 2.24) is 10.6 Å². The summed E-state index contributed by atoms with van der Waals surface area (Å²) in [5.41, 5.74) is -0.779. The largest absolute Gasteiger partial charge is 0.388 e. The van der Waals surface area contributed by atoms with Gasteiger partial charge in [-0.15, -0.1) is 0 Å². The Hall–Kier alpha value is -0.610. The first-order chi connectivity index (χ1) is 8.03. The Bertz CT molecular complexity index is 236. The number of hydrogen-bond acceptors (Lipinski definition) is 3. The second kappa shape index (κ2) is 6.97. The summed E-state index contributed by atoms with van der Waals surface area (Å²) in [5.74, 6) is 0.0473. The van der Waals surface area contributed by atoms with Crippen LogP contribution in [0, 0.1) is 0 Å². The minimum absolute atomic E-state index is 0.0473. The average Bonchev–Trinajstić information content (AvgIpc) is 2.35. The second-order valence-corrected chi connectivity index (χ2v) is 5.31. The molecule has 1 rings (SSSR count). The molecule has 0 spiro atoms. The van der Waals surface area contributed by atoms with Gasteiger partial charge in [0, 0.05) is 19.0 Å². The molecule has 1 fully saturated rings. The predicted molar refractivity (Wildman–Crippen MR) is 68.8 cm³/mol. The van der Waals surface area contributed by atoms with Crippen LogP contribution in [-0.2, 0) is 4.79 Å². The van der Waals surface area contributed by atoms with Crippen LogP contribution in [0.4, 0.5) is 0 Å². The minimum atomic E-state index is -0.779. The fourth-order valence-corrected chi connectivity index (χ4v) is 1.98. The van der Waals surface area contributed by atoms with E-state index in [9.17, 15) is 9.90 Å². The molecule has 2 atom stereocenters. The third-order valence-corrected chi connectivity index (χ3v) is 3.56. The zero-order valence-corrected chi connectivity index (χ0v) is 11.1. The van der Waals surface area contributed by atoms with E-state index < -0.39 is 5.60 Å². The molecule has 0 bridgehead atoms. The van der Waals surface area contributed by atoms with E-state index in [0.29, 0.717) is 25.4 Å². The Morgan fingerprint density at radius 3 is 2.88 bits per heavy atom. The summed E-state index contributed by atoms with van der Waals surface area (Å²) in [6.07, 6.45) is 5.81. The molecule has 2 unspecified atom stereocenters. The quantitative estimate of drug-likeness (QED) is 0.655. The molecule has 0 aliphatic carbocycles. The average molecular weight is 242 g/mol. The topological polar surface area (TPSA) is 61.4 Å². The van der Waals surface area contributed by atoms with E-state index >= 15 is 0 Å². The highest BCUT2D eigenvalue weighted by Crippen LogP contribution is 2.12. The van der Waals surface area contributed by atoms with Crippen LogP contribution in [-0.4, -0.2) is 35.7 Å². The van der Waals surface area contributed by atoms with Gasteiger partial charge in [0.1, 0.15) is 0 Å². The van der Waals surface area contributed by atoms with Gasteiger partial charge in [0.2, 0.25) is 5.91 Å². The molecule has 1 amide bonds. The lowest BCUT2D eigenvalue weighted by Crippen LogP contribution is -2.41. The molecule has 0 saturated carbocycles. The summed E-state index contributed by atoms with van der Waals surface area (Å²) in [6.45, 7) is 5.09. The van der Waals surface area contributed by atoms with Gasteiger partial charge in [-0.2, -0.15) is 0 Å². The van der Waals surface area contributed by atoms with E-state index in [2.05, 4.69) is 10.6 Å². The molecule has 3 N–H and O–H groups in total. The smallest absolute Gasteiger partial charge is 0.220 e. The number of nitrogens with one attached hydrogen (secondary N) is 2. The van der Waals surface area contributed by atoms with Crippen LogP contribution in [0.25, 0.3) is 0 Å². The molecule has 0 aromatic heterocycles. The van der Waals surface area contributed by atoms with Gasteiger partial charge < -0.3 is 15.7 Å². The number of rotatable bonds is 6. The first-order valence-corrected chi connectivity index (χ1v) is 6.76. The Labute approximate surface area is 104 Å². The SMILES string of the molecule is CCC(C)(O)CNC(=O)CCC1CCCCN1. The van der Waals surface area contributed by atoms with Crippen LogP contribution >= 0.6 is 0 Å². The normalized spacial score (nSPS) is 24.1. The molecular weight excluding hydrogens is 216 g/mol. The molecule has 0 aromatic carbocycles. The van der Waals surface area contributed by atoms with E-state index in [1.807, 2.05) is 6.92 Å². The summed E-state index contributed by atoms with van der Waals surface area (Å²) in [5, 5.41) is 16.0. The van der Waals surface area contributed by atoms with E-state index in [4.69, 9.17) is 0 Å². The third kappa shape index (κ3) is 6.03. The Kier molecular flexibility index (Phi) is 5.92. The lowest BCUT2D eigenvalue weighted by Gasteiger charge is -2.24. The lowest BCUT2D eigenvalue weighted by molar-refractivity contribution is -0.122. The number of aliphatic hydroxyl groups is 1. The van der Waals surface area contributed by atoms with Crippen molar-refractivity contribution in [2.75, 3.05) is 13.1 Å². The van der Waals surface area contributed by atoms with Gasteiger partial charge in [0.25, 0.3) is 0 Å². The highest BCUT2D eigenvalue weighted by molar-refractivity contribution is 5.75. The highest BCUT2D eigenvalue weighted by atomic mass is 16.3. The molecule has 4 heteroatoms. The van der Waals surface area contributed by atoms with Crippen LogP contribution in [0.5, 0.6) is 0 Å². The van der Waals surface area contributed by atoms with E-state index in [1.54, 1.807) is 6.92 Å². The summed E-state index contributed by atoms with van der Waals surface area (Å²) >= 11 is 0. The Morgan fingerprint density at radius 1 is 1.53 bits per heavy atom. The van der Waals surface area contributed by atoms with Crippen molar-refractivity contribution in [3.8, 4) is 0 Å². The van der Waals surface area contributed by atoms with Crippen molar-refractivity contribution in [2.45, 2.75) is 64.0 Å². The van der Waals surface area contributed by atoms with Gasteiger partial charge >= 0.3 is 0 Å². The first-order valence-electron chi connectivity index (χ1n) is 6.76. The zero-order valence-electron chi connectivity index (χ0n) is 11.1. The van der Waals surface area contributed by atoms with Gasteiger partial charge in [-0.05, 0) is 39.2 Å². The molecular formula is C13H26N2O2. The molecule has 1 heterocycles. The molecule has 1 aliphatic heterocycles. The molecule has 0 radical (unpaired) electrons. The van der Waals surface area contributed by atoms with Gasteiger partial charge in [0.15, 0.2) is 0 Å². The zero-order chi connectivity index (χ0) is 12.7. The number of hydrogen-bond donors (Lipinski definition) is 3. The monoisotopic (exact) mass is 242 g/mol. The maximum Gasteiger partial charge on any atom is 0.220 e. The van der Waals surface area contributed by atoms with Crippen LogP contribution < -0.4 is 10.6 Å². The number of piperidine rings is 1. The summed E-state index contributed by atoms with van der Waals surface area (Å²) < 4.78 is 0. The standard InChI is InChI=1S/C13H26N2O2/c1-3-13(2,17)10-15-12(16)8-7-11-6-4-5-9-14-11/h11,14,17H,3-10H2,1-2H3,(H,15,16). The molecule has 1 saturated heterocycles. The summed E-state index contributed by atoms with van der Waals surface area (Å²) in [4.78, 5) is 11.6.